The smallest absolute Gasteiger partial charge is 0.407 e. The van der Waals surface area contributed by atoms with Gasteiger partial charge < -0.3 is 30.3 Å². The third kappa shape index (κ3) is 6.37. The lowest BCUT2D eigenvalue weighted by atomic mass is 9.98. The SMILES string of the molecule is CC(C)CN(C[C@@H](O)C(Cc1ccccc1)NC(=O)OC1CC[C@H]2OCC[C@@H]12)C1C(=O)Nc2cc(O)ccc21. The van der Waals surface area contributed by atoms with Gasteiger partial charge in [0, 0.05) is 42.9 Å². The molecule has 3 unspecified atom stereocenters. The van der Waals surface area contributed by atoms with Crippen molar-refractivity contribution in [2.24, 2.45) is 11.8 Å². The highest BCUT2D eigenvalue weighted by molar-refractivity contribution is 6.02. The van der Waals surface area contributed by atoms with Crippen molar-refractivity contribution in [1.29, 1.82) is 0 Å². The third-order valence-corrected chi connectivity index (χ3v) is 8.02. The van der Waals surface area contributed by atoms with Crippen LogP contribution in [0.1, 0.15) is 50.3 Å². The molecule has 0 spiro atoms. The first-order valence-corrected chi connectivity index (χ1v) is 14.0. The van der Waals surface area contributed by atoms with E-state index < -0.39 is 24.3 Å². The number of hydrogen-bond acceptors (Lipinski definition) is 7. The standard InChI is InChI=1S/C30H39N3O6/c1-18(2)16-33(28-21-9-8-20(34)15-23(21)31-29(28)36)17-25(35)24(14-19-6-4-3-5-7-19)32-30(37)39-27-11-10-26-22(27)12-13-38-26/h3-9,15,18,22,24-28,34-35H,10-14,16-17H2,1-2H3,(H,31,36)(H,32,37)/t22-,24?,25-,26-,27?,28?/m1/s1. The number of hydrogen-bond donors (Lipinski definition) is 4. The van der Waals surface area contributed by atoms with Crippen LogP contribution in [0.4, 0.5) is 10.5 Å². The number of aliphatic hydroxyl groups excluding tert-OH is 1. The Morgan fingerprint density at radius 3 is 2.72 bits per heavy atom. The lowest BCUT2D eigenvalue weighted by Gasteiger charge is -2.34. The zero-order valence-corrected chi connectivity index (χ0v) is 22.6. The average molecular weight is 538 g/mol. The number of alkyl carbamates (subject to hydrolysis) is 1. The second kappa shape index (κ2) is 11.9. The molecule has 5 rings (SSSR count). The predicted octanol–water partition coefficient (Wildman–Crippen LogP) is 3.61. The first kappa shape index (κ1) is 27.4. The molecular weight excluding hydrogens is 498 g/mol. The van der Waals surface area contributed by atoms with E-state index in [1.165, 1.54) is 6.07 Å². The number of aliphatic hydroxyl groups is 1. The largest absolute Gasteiger partial charge is 0.508 e. The quantitative estimate of drug-likeness (QED) is 0.365. The van der Waals surface area contributed by atoms with Crippen molar-refractivity contribution < 1.29 is 29.3 Å². The zero-order valence-electron chi connectivity index (χ0n) is 22.6. The van der Waals surface area contributed by atoms with Gasteiger partial charge in [0.15, 0.2) is 0 Å². The highest BCUT2D eigenvalue weighted by atomic mass is 16.6. The molecule has 210 valence electrons. The van der Waals surface area contributed by atoms with Crippen LogP contribution in [0.25, 0.3) is 0 Å². The fourth-order valence-electron chi connectivity index (χ4n) is 6.27. The summed E-state index contributed by atoms with van der Waals surface area (Å²) in [4.78, 5) is 28.1. The normalized spacial score (nSPS) is 25.3. The maximum Gasteiger partial charge on any atom is 0.407 e. The fraction of sp³-hybridized carbons (Fsp3) is 0.533. The van der Waals surface area contributed by atoms with Crippen LogP contribution in [-0.2, 0) is 20.7 Å². The van der Waals surface area contributed by atoms with Gasteiger partial charge in [-0.05, 0) is 43.2 Å². The van der Waals surface area contributed by atoms with Crippen LogP contribution in [0.15, 0.2) is 48.5 Å². The van der Waals surface area contributed by atoms with Crippen molar-refractivity contribution in [1.82, 2.24) is 10.2 Å². The molecule has 2 aliphatic heterocycles. The number of benzene rings is 2. The molecule has 9 heteroatoms. The van der Waals surface area contributed by atoms with Gasteiger partial charge in [-0.15, -0.1) is 0 Å². The van der Waals surface area contributed by atoms with E-state index in [2.05, 4.69) is 24.5 Å². The first-order valence-electron chi connectivity index (χ1n) is 14.0. The topological polar surface area (TPSA) is 120 Å². The summed E-state index contributed by atoms with van der Waals surface area (Å²) in [5.41, 5.74) is 2.30. The number of anilines is 1. The second-order valence-corrected chi connectivity index (χ2v) is 11.4. The summed E-state index contributed by atoms with van der Waals surface area (Å²) >= 11 is 0. The number of aromatic hydroxyl groups is 1. The lowest BCUT2D eigenvalue weighted by Crippen LogP contribution is -2.51. The molecule has 2 aromatic rings. The number of carbonyl (C=O) groups excluding carboxylic acids is 2. The Labute approximate surface area is 229 Å². The molecule has 2 amide bonds. The van der Waals surface area contributed by atoms with E-state index in [0.717, 1.165) is 30.4 Å². The van der Waals surface area contributed by atoms with E-state index in [0.29, 0.717) is 25.3 Å². The number of phenolic OH excluding ortho intramolecular Hbond substituents is 1. The number of ether oxygens (including phenoxy) is 2. The predicted molar refractivity (Wildman–Crippen MR) is 146 cm³/mol. The van der Waals surface area contributed by atoms with E-state index >= 15 is 0 Å². The van der Waals surface area contributed by atoms with Crippen molar-refractivity contribution in [2.75, 3.05) is 25.0 Å². The summed E-state index contributed by atoms with van der Waals surface area (Å²) in [5, 5.41) is 27.2. The molecule has 6 atom stereocenters. The minimum Gasteiger partial charge on any atom is -0.508 e. The van der Waals surface area contributed by atoms with Crippen molar-refractivity contribution >= 4 is 17.7 Å². The molecule has 1 saturated carbocycles. The number of amides is 2. The van der Waals surface area contributed by atoms with Crippen LogP contribution in [0, 0.1) is 11.8 Å². The van der Waals surface area contributed by atoms with Gasteiger partial charge in [0.1, 0.15) is 17.9 Å². The summed E-state index contributed by atoms with van der Waals surface area (Å²) in [6.07, 6.45) is 1.45. The molecule has 0 bridgehead atoms. The van der Waals surface area contributed by atoms with Gasteiger partial charge in [-0.25, -0.2) is 4.79 Å². The minimum atomic E-state index is -0.975. The maximum atomic E-state index is 13.1. The summed E-state index contributed by atoms with van der Waals surface area (Å²) in [6.45, 7) is 5.54. The van der Waals surface area contributed by atoms with E-state index in [1.54, 1.807) is 12.1 Å². The van der Waals surface area contributed by atoms with Gasteiger partial charge in [-0.2, -0.15) is 0 Å². The van der Waals surface area contributed by atoms with Gasteiger partial charge in [-0.3, -0.25) is 9.69 Å². The molecule has 39 heavy (non-hydrogen) atoms. The average Bonchev–Trinajstić information content (AvgIpc) is 3.58. The highest BCUT2D eigenvalue weighted by Crippen LogP contribution is 2.39. The Morgan fingerprint density at radius 1 is 1.15 bits per heavy atom. The Morgan fingerprint density at radius 2 is 1.95 bits per heavy atom. The van der Waals surface area contributed by atoms with Crippen LogP contribution in [-0.4, -0.2) is 71.2 Å². The Bertz CT molecular complexity index is 1160. The number of fused-ring (bicyclic) bond motifs is 2. The molecule has 1 aliphatic carbocycles. The molecule has 0 radical (unpaired) electrons. The fourth-order valence-corrected chi connectivity index (χ4v) is 6.27. The van der Waals surface area contributed by atoms with Crippen LogP contribution >= 0.6 is 0 Å². The maximum absolute atomic E-state index is 13.1. The van der Waals surface area contributed by atoms with E-state index in [4.69, 9.17) is 9.47 Å². The highest BCUT2D eigenvalue weighted by Gasteiger charge is 2.43. The van der Waals surface area contributed by atoms with Crippen molar-refractivity contribution in [2.45, 2.75) is 69.9 Å². The number of rotatable bonds is 10. The molecule has 2 aromatic carbocycles. The van der Waals surface area contributed by atoms with E-state index in [1.807, 2.05) is 35.2 Å². The molecule has 2 heterocycles. The minimum absolute atomic E-state index is 0.0773. The van der Waals surface area contributed by atoms with Crippen LogP contribution in [0.3, 0.4) is 0 Å². The van der Waals surface area contributed by atoms with Gasteiger partial charge in [0.05, 0.1) is 18.2 Å². The number of carbonyl (C=O) groups is 2. The monoisotopic (exact) mass is 537 g/mol. The first-order chi connectivity index (χ1) is 18.8. The van der Waals surface area contributed by atoms with Gasteiger partial charge in [0.2, 0.25) is 5.91 Å². The number of nitrogens with zero attached hydrogens (tertiary/aromatic N) is 1. The van der Waals surface area contributed by atoms with Crippen LogP contribution in [0.5, 0.6) is 5.75 Å². The summed E-state index contributed by atoms with van der Waals surface area (Å²) < 4.78 is 11.6. The van der Waals surface area contributed by atoms with Crippen molar-refractivity contribution in [3.8, 4) is 5.75 Å². The van der Waals surface area contributed by atoms with E-state index in [9.17, 15) is 19.8 Å². The second-order valence-electron chi connectivity index (χ2n) is 11.4. The zero-order chi connectivity index (χ0) is 27.5. The summed E-state index contributed by atoms with van der Waals surface area (Å²) in [6, 6.07) is 13.3. The van der Waals surface area contributed by atoms with Crippen molar-refractivity contribution in [3.05, 3.63) is 59.7 Å². The number of phenols is 1. The molecule has 1 saturated heterocycles. The van der Waals surface area contributed by atoms with Crippen LogP contribution in [0.2, 0.25) is 0 Å². The van der Waals surface area contributed by atoms with E-state index in [-0.39, 0.29) is 42.2 Å². The van der Waals surface area contributed by atoms with Crippen molar-refractivity contribution in [3.63, 3.8) is 0 Å². The van der Waals surface area contributed by atoms with Gasteiger partial charge in [-0.1, -0.05) is 50.2 Å². The van der Waals surface area contributed by atoms with Gasteiger partial charge in [0.25, 0.3) is 0 Å². The van der Waals surface area contributed by atoms with Gasteiger partial charge >= 0.3 is 6.09 Å². The Kier molecular flexibility index (Phi) is 8.40. The summed E-state index contributed by atoms with van der Waals surface area (Å²) in [5.74, 6) is 0.328. The molecule has 0 aromatic heterocycles. The lowest BCUT2D eigenvalue weighted by molar-refractivity contribution is -0.121. The van der Waals surface area contributed by atoms with Crippen LogP contribution < -0.4 is 10.6 Å². The third-order valence-electron chi connectivity index (χ3n) is 8.02. The molecule has 2 fully saturated rings. The Balaban J connectivity index is 1.32. The Hall–Kier alpha value is -3.14. The summed E-state index contributed by atoms with van der Waals surface area (Å²) in [7, 11) is 0. The number of nitrogens with one attached hydrogen (secondary N) is 2. The molecule has 4 N–H and O–H groups in total. The molecule has 3 aliphatic rings. The molecule has 9 nitrogen and oxygen atoms in total. The molecular formula is C30H39N3O6.